The summed E-state index contributed by atoms with van der Waals surface area (Å²) >= 11 is 0. The van der Waals surface area contributed by atoms with Gasteiger partial charge in [0.15, 0.2) is 0 Å². The quantitative estimate of drug-likeness (QED) is 0.812. The number of carboxylic acids is 1. The minimum atomic E-state index is -0.907. The highest BCUT2D eigenvalue weighted by molar-refractivity contribution is 5.93. The largest absolute Gasteiger partial charge is 0.481 e. The maximum absolute atomic E-state index is 11.9. The molecule has 2 rings (SSSR count). The van der Waals surface area contributed by atoms with Crippen LogP contribution >= 0.6 is 0 Å². The molecular weight excluding hydrogens is 220 g/mol. The van der Waals surface area contributed by atoms with Crippen LogP contribution < -0.4 is 5.32 Å². The van der Waals surface area contributed by atoms with Crippen LogP contribution in [0, 0.1) is 0 Å². The zero-order chi connectivity index (χ0) is 12.4. The summed E-state index contributed by atoms with van der Waals surface area (Å²) in [6.45, 7) is 1.69. The molecule has 1 saturated carbocycles. The Morgan fingerprint density at radius 1 is 1.59 bits per heavy atom. The van der Waals surface area contributed by atoms with E-state index in [1.165, 1.54) is 0 Å². The number of carboxylic acid groups (broad SMARTS) is 1. The predicted octanol–water partition coefficient (Wildman–Crippen LogP) is 1.42. The Balaban J connectivity index is 1.99. The van der Waals surface area contributed by atoms with Crippen LogP contribution in [0.4, 0.5) is 0 Å². The smallest absolute Gasteiger partial charge is 0.305 e. The molecule has 5 heteroatoms. The van der Waals surface area contributed by atoms with Gasteiger partial charge in [-0.25, -0.2) is 0 Å². The van der Waals surface area contributed by atoms with Crippen LogP contribution in [0.2, 0.25) is 0 Å². The number of carbonyl (C=O) groups is 2. The molecule has 92 valence electrons. The lowest BCUT2D eigenvalue weighted by molar-refractivity contribution is -0.137. The van der Waals surface area contributed by atoms with E-state index < -0.39 is 5.97 Å². The molecule has 1 aliphatic carbocycles. The van der Waals surface area contributed by atoms with Crippen molar-refractivity contribution in [3.63, 3.8) is 0 Å². The van der Waals surface area contributed by atoms with Crippen LogP contribution in [0.5, 0.6) is 0 Å². The molecule has 1 atom stereocenters. The first-order chi connectivity index (χ1) is 8.08. The second-order valence-electron chi connectivity index (χ2n) is 4.50. The molecule has 1 unspecified atom stereocenters. The van der Waals surface area contributed by atoms with Crippen molar-refractivity contribution in [2.24, 2.45) is 0 Å². The van der Waals surface area contributed by atoms with Crippen LogP contribution in [0.25, 0.3) is 0 Å². The van der Waals surface area contributed by atoms with Gasteiger partial charge in [-0.05, 0) is 31.9 Å². The van der Waals surface area contributed by atoms with Crippen molar-refractivity contribution >= 4 is 11.9 Å². The Hall–Kier alpha value is -1.78. The van der Waals surface area contributed by atoms with Crippen molar-refractivity contribution in [2.75, 3.05) is 0 Å². The molecule has 0 saturated heterocycles. The lowest BCUT2D eigenvalue weighted by Gasteiger charge is -2.13. The Kier molecular flexibility index (Phi) is 3.17. The molecular formula is C12H16N2O3. The third-order valence-corrected chi connectivity index (χ3v) is 2.81. The second kappa shape index (κ2) is 4.61. The highest BCUT2D eigenvalue weighted by atomic mass is 16.4. The fourth-order valence-corrected chi connectivity index (χ4v) is 1.87. The van der Waals surface area contributed by atoms with Gasteiger partial charge in [0.2, 0.25) is 0 Å². The summed E-state index contributed by atoms with van der Waals surface area (Å²) in [6, 6.07) is 3.69. The van der Waals surface area contributed by atoms with Gasteiger partial charge in [0.1, 0.15) is 5.69 Å². The summed E-state index contributed by atoms with van der Waals surface area (Å²) in [7, 11) is 0. The van der Waals surface area contributed by atoms with E-state index >= 15 is 0 Å². The number of carbonyl (C=O) groups excluding carboxylic acids is 1. The summed E-state index contributed by atoms with van der Waals surface area (Å²) < 4.78 is 1.96. The number of nitrogens with one attached hydrogen (secondary N) is 1. The molecule has 0 bridgehead atoms. The molecule has 1 aromatic heterocycles. The van der Waals surface area contributed by atoms with Crippen molar-refractivity contribution in [2.45, 2.75) is 38.3 Å². The van der Waals surface area contributed by atoms with E-state index in [0.29, 0.717) is 11.7 Å². The topological polar surface area (TPSA) is 71.3 Å². The maximum Gasteiger partial charge on any atom is 0.305 e. The molecule has 5 nitrogen and oxygen atoms in total. The summed E-state index contributed by atoms with van der Waals surface area (Å²) in [5.74, 6) is -1.11. The summed E-state index contributed by atoms with van der Waals surface area (Å²) in [6.07, 6.45) is 4.06. The number of aliphatic carboxylic acids is 1. The average Bonchev–Trinajstić information content (AvgIpc) is 2.94. The van der Waals surface area contributed by atoms with Gasteiger partial charge in [-0.3, -0.25) is 9.59 Å². The zero-order valence-corrected chi connectivity index (χ0v) is 9.72. The number of aromatic nitrogens is 1. The molecule has 1 heterocycles. The van der Waals surface area contributed by atoms with E-state index in [1.807, 2.05) is 16.8 Å². The van der Waals surface area contributed by atoms with Gasteiger partial charge in [0.05, 0.1) is 6.42 Å². The highest BCUT2D eigenvalue weighted by Crippen LogP contribution is 2.35. The van der Waals surface area contributed by atoms with Gasteiger partial charge in [0.25, 0.3) is 5.91 Å². The highest BCUT2D eigenvalue weighted by Gasteiger charge is 2.27. The molecule has 2 N–H and O–H groups in total. The number of amides is 1. The Morgan fingerprint density at radius 3 is 2.88 bits per heavy atom. The van der Waals surface area contributed by atoms with Gasteiger partial charge < -0.3 is 15.0 Å². The van der Waals surface area contributed by atoms with Crippen LogP contribution in [-0.2, 0) is 4.79 Å². The van der Waals surface area contributed by atoms with Crippen molar-refractivity contribution < 1.29 is 14.7 Å². The van der Waals surface area contributed by atoms with E-state index in [2.05, 4.69) is 5.32 Å². The molecule has 0 aromatic carbocycles. The SMILES string of the molecule is CC(CC(=O)O)NC(=O)c1cccn1C1CC1. The normalized spacial score (nSPS) is 16.5. The maximum atomic E-state index is 11.9. The number of hydrogen-bond donors (Lipinski definition) is 2. The first-order valence-corrected chi connectivity index (χ1v) is 5.77. The predicted molar refractivity (Wildman–Crippen MR) is 61.9 cm³/mol. The fourth-order valence-electron chi connectivity index (χ4n) is 1.87. The first-order valence-electron chi connectivity index (χ1n) is 5.77. The van der Waals surface area contributed by atoms with Gasteiger partial charge in [-0.15, -0.1) is 0 Å². The van der Waals surface area contributed by atoms with Crippen LogP contribution in [0.1, 0.15) is 42.7 Å². The molecule has 17 heavy (non-hydrogen) atoms. The average molecular weight is 236 g/mol. The van der Waals surface area contributed by atoms with Crippen LogP contribution in [0.3, 0.4) is 0 Å². The number of hydrogen-bond acceptors (Lipinski definition) is 2. The van der Waals surface area contributed by atoms with E-state index in [4.69, 9.17) is 5.11 Å². The molecule has 1 aromatic rings. The zero-order valence-electron chi connectivity index (χ0n) is 9.72. The summed E-state index contributed by atoms with van der Waals surface area (Å²) in [5.41, 5.74) is 0.615. The Labute approximate surface area is 99.4 Å². The molecule has 1 aliphatic rings. The van der Waals surface area contributed by atoms with E-state index in [0.717, 1.165) is 12.8 Å². The molecule has 0 radical (unpaired) electrons. The molecule has 1 fully saturated rings. The minimum Gasteiger partial charge on any atom is -0.481 e. The van der Waals surface area contributed by atoms with Gasteiger partial charge in [-0.2, -0.15) is 0 Å². The minimum absolute atomic E-state index is 0.0596. The van der Waals surface area contributed by atoms with Crippen molar-refractivity contribution in [3.05, 3.63) is 24.0 Å². The van der Waals surface area contributed by atoms with E-state index in [9.17, 15) is 9.59 Å². The van der Waals surface area contributed by atoms with Crippen molar-refractivity contribution in [3.8, 4) is 0 Å². The first kappa shape index (κ1) is 11.7. The Bertz CT molecular complexity index is 435. The molecule has 1 amide bonds. The van der Waals surface area contributed by atoms with E-state index in [1.54, 1.807) is 13.0 Å². The second-order valence-corrected chi connectivity index (χ2v) is 4.50. The number of nitrogens with zero attached hydrogens (tertiary/aromatic N) is 1. The fraction of sp³-hybridized carbons (Fsp3) is 0.500. The van der Waals surface area contributed by atoms with Crippen molar-refractivity contribution in [1.29, 1.82) is 0 Å². The molecule has 0 spiro atoms. The van der Waals surface area contributed by atoms with Crippen molar-refractivity contribution in [1.82, 2.24) is 9.88 Å². The van der Waals surface area contributed by atoms with E-state index in [-0.39, 0.29) is 18.4 Å². The third kappa shape index (κ3) is 2.87. The monoisotopic (exact) mass is 236 g/mol. The number of rotatable bonds is 5. The third-order valence-electron chi connectivity index (χ3n) is 2.81. The van der Waals surface area contributed by atoms with Gasteiger partial charge in [-0.1, -0.05) is 0 Å². The summed E-state index contributed by atoms with van der Waals surface area (Å²) in [5, 5.41) is 11.3. The van der Waals surface area contributed by atoms with Gasteiger partial charge >= 0.3 is 5.97 Å². The van der Waals surface area contributed by atoms with Crippen LogP contribution in [0.15, 0.2) is 18.3 Å². The summed E-state index contributed by atoms with van der Waals surface area (Å²) in [4.78, 5) is 22.4. The standard InChI is InChI=1S/C12H16N2O3/c1-8(7-11(15)16)13-12(17)10-3-2-6-14(10)9-4-5-9/h2-3,6,8-9H,4-5,7H2,1H3,(H,13,17)(H,15,16). The molecule has 0 aliphatic heterocycles. The Morgan fingerprint density at radius 2 is 2.29 bits per heavy atom. The lowest BCUT2D eigenvalue weighted by atomic mass is 10.2. The van der Waals surface area contributed by atoms with Crippen LogP contribution in [-0.4, -0.2) is 27.6 Å². The van der Waals surface area contributed by atoms with Gasteiger partial charge in [0, 0.05) is 18.3 Å². The lowest BCUT2D eigenvalue weighted by Crippen LogP contribution is -2.35.